The van der Waals surface area contributed by atoms with Gasteiger partial charge in [-0.05, 0) is 60.1 Å². The summed E-state index contributed by atoms with van der Waals surface area (Å²) in [6.07, 6.45) is 4.41. The Labute approximate surface area is 143 Å². The number of aryl methyl sites for hydroxylation is 4. The maximum absolute atomic E-state index is 2.37. The van der Waals surface area contributed by atoms with Crippen LogP contribution >= 0.6 is 21.6 Å². The molecule has 0 bridgehead atoms. The highest BCUT2D eigenvalue weighted by atomic mass is 33.1. The molecular formula is C20H26S2. The molecule has 0 atom stereocenters. The van der Waals surface area contributed by atoms with Crippen molar-refractivity contribution in [3.05, 3.63) is 58.7 Å². The van der Waals surface area contributed by atoms with E-state index in [1.54, 1.807) is 0 Å². The number of benzene rings is 2. The smallest absolute Gasteiger partial charge is 0.0220 e. The van der Waals surface area contributed by atoms with Gasteiger partial charge in [0.1, 0.15) is 0 Å². The first-order valence-corrected chi connectivity index (χ1v) is 10.4. The van der Waals surface area contributed by atoms with Crippen LogP contribution in [0.15, 0.2) is 46.2 Å². The Morgan fingerprint density at radius 3 is 1.32 bits per heavy atom. The zero-order valence-corrected chi connectivity index (χ0v) is 15.7. The van der Waals surface area contributed by atoms with Gasteiger partial charge < -0.3 is 0 Å². The Bertz CT molecular complexity index is 562. The van der Waals surface area contributed by atoms with Gasteiger partial charge in [-0.2, -0.15) is 0 Å². The molecule has 0 aliphatic rings. The van der Waals surface area contributed by atoms with Crippen LogP contribution in [0, 0.1) is 0 Å². The van der Waals surface area contributed by atoms with Gasteiger partial charge in [0, 0.05) is 9.79 Å². The quantitative estimate of drug-likeness (QED) is 0.516. The highest BCUT2D eigenvalue weighted by Crippen LogP contribution is 2.41. The Morgan fingerprint density at radius 1 is 0.591 bits per heavy atom. The zero-order chi connectivity index (χ0) is 15.9. The van der Waals surface area contributed by atoms with Crippen LogP contribution in [0.5, 0.6) is 0 Å². The summed E-state index contributed by atoms with van der Waals surface area (Å²) in [5.41, 5.74) is 5.77. The summed E-state index contributed by atoms with van der Waals surface area (Å²) in [5.74, 6) is 0. The van der Waals surface area contributed by atoms with Crippen LogP contribution in [-0.4, -0.2) is 0 Å². The van der Waals surface area contributed by atoms with Gasteiger partial charge in [0.25, 0.3) is 0 Å². The lowest BCUT2D eigenvalue weighted by Gasteiger charge is -2.12. The van der Waals surface area contributed by atoms with Gasteiger partial charge in [-0.15, -0.1) is 0 Å². The molecule has 0 N–H and O–H groups in total. The van der Waals surface area contributed by atoms with Crippen LogP contribution < -0.4 is 0 Å². The molecule has 118 valence electrons. The number of hydrogen-bond donors (Lipinski definition) is 0. The predicted molar refractivity (Wildman–Crippen MR) is 102 cm³/mol. The van der Waals surface area contributed by atoms with Crippen molar-refractivity contribution in [2.75, 3.05) is 0 Å². The van der Waals surface area contributed by atoms with Crippen LogP contribution in [0.4, 0.5) is 0 Å². The summed E-state index contributed by atoms with van der Waals surface area (Å²) in [4.78, 5) is 2.85. The summed E-state index contributed by atoms with van der Waals surface area (Å²) in [7, 11) is 3.84. The first-order valence-electron chi connectivity index (χ1n) is 8.29. The van der Waals surface area contributed by atoms with E-state index < -0.39 is 0 Å². The number of hydrogen-bond acceptors (Lipinski definition) is 2. The molecule has 0 fully saturated rings. The topological polar surface area (TPSA) is 0 Å². The van der Waals surface area contributed by atoms with Gasteiger partial charge in [0.05, 0.1) is 0 Å². The van der Waals surface area contributed by atoms with E-state index >= 15 is 0 Å². The monoisotopic (exact) mass is 330 g/mol. The molecule has 0 saturated carbocycles. The minimum absolute atomic E-state index is 1.10. The molecule has 2 rings (SSSR count). The molecule has 2 aromatic rings. The molecule has 2 heteroatoms. The first-order chi connectivity index (χ1) is 10.7. The van der Waals surface area contributed by atoms with E-state index in [-0.39, 0.29) is 0 Å². The van der Waals surface area contributed by atoms with Crippen molar-refractivity contribution in [1.29, 1.82) is 0 Å². The summed E-state index contributed by atoms with van der Waals surface area (Å²) < 4.78 is 0. The summed E-state index contributed by atoms with van der Waals surface area (Å²) in [5, 5.41) is 0. The van der Waals surface area contributed by atoms with Crippen molar-refractivity contribution in [3.8, 4) is 0 Å². The molecule has 0 aliphatic heterocycles. The van der Waals surface area contributed by atoms with E-state index in [1.807, 2.05) is 21.6 Å². The Kier molecular flexibility index (Phi) is 6.91. The Hall–Kier alpha value is -0.860. The minimum Gasteiger partial charge on any atom is -0.0613 e. The fraction of sp³-hybridized carbons (Fsp3) is 0.400. The van der Waals surface area contributed by atoms with Gasteiger partial charge in [-0.25, -0.2) is 0 Å². The molecule has 0 spiro atoms. The lowest BCUT2D eigenvalue weighted by Crippen LogP contribution is -1.90. The van der Waals surface area contributed by atoms with E-state index in [4.69, 9.17) is 0 Å². The molecule has 2 aromatic carbocycles. The van der Waals surface area contributed by atoms with Crippen LogP contribution in [0.3, 0.4) is 0 Å². The molecule has 0 amide bonds. The van der Waals surface area contributed by atoms with Crippen molar-refractivity contribution in [1.82, 2.24) is 0 Å². The van der Waals surface area contributed by atoms with Crippen molar-refractivity contribution in [3.63, 3.8) is 0 Å². The molecular weight excluding hydrogens is 304 g/mol. The molecule has 0 radical (unpaired) electrons. The maximum atomic E-state index is 2.37. The van der Waals surface area contributed by atoms with Gasteiger partial charge in [0.2, 0.25) is 0 Å². The third kappa shape index (κ3) is 4.33. The normalized spacial score (nSPS) is 10.9. The molecule has 0 aliphatic carbocycles. The van der Waals surface area contributed by atoms with E-state index in [0.717, 1.165) is 25.7 Å². The summed E-state index contributed by atoms with van der Waals surface area (Å²) >= 11 is 0. The highest BCUT2D eigenvalue weighted by Gasteiger charge is 2.08. The van der Waals surface area contributed by atoms with E-state index in [2.05, 4.69) is 64.1 Å². The molecule has 0 heterocycles. The van der Waals surface area contributed by atoms with Crippen molar-refractivity contribution < 1.29 is 0 Å². The number of rotatable bonds is 7. The van der Waals surface area contributed by atoms with Gasteiger partial charge in [0.15, 0.2) is 0 Å². The zero-order valence-electron chi connectivity index (χ0n) is 14.1. The first kappa shape index (κ1) is 17.5. The van der Waals surface area contributed by atoms with Crippen molar-refractivity contribution >= 4 is 21.6 Å². The Morgan fingerprint density at radius 2 is 1.00 bits per heavy atom. The highest BCUT2D eigenvalue weighted by molar-refractivity contribution is 8.76. The van der Waals surface area contributed by atoms with Crippen LogP contribution in [0.2, 0.25) is 0 Å². The molecule has 0 aromatic heterocycles. The third-order valence-corrected chi connectivity index (χ3v) is 6.59. The van der Waals surface area contributed by atoms with Crippen LogP contribution in [-0.2, 0) is 25.7 Å². The lowest BCUT2D eigenvalue weighted by atomic mass is 10.1. The summed E-state index contributed by atoms with van der Waals surface area (Å²) in [6, 6.07) is 13.9. The van der Waals surface area contributed by atoms with Gasteiger partial charge in [-0.1, -0.05) is 73.5 Å². The Balaban J connectivity index is 2.22. The molecule has 0 unspecified atom stereocenters. The fourth-order valence-corrected chi connectivity index (χ4v) is 5.15. The van der Waals surface area contributed by atoms with Crippen molar-refractivity contribution in [2.45, 2.75) is 63.2 Å². The standard InChI is InChI=1S/C20H26S2/c1-5-15-9-11-17(7-3)19(13-15)21-22-20-14-16(6-2)10-12-18(20)8-4/h9-14H,5-8H2,1-4H3. The van der Waals surface area contributed by atoms with Gasteiger partial charge >= 0.3 is 0 Å². The third-order valence-electron chi connectivity index (χ3n) is 4.06. The van der Waals surface area contributed by atoms with Crippen LogP contribution in [0.1, 0.15) is 49.9 Å². The fourth-order valence-electron chi connectivity index (χ4n) is 2.47. The SMILES string of the molecule is CCc1ccc(CC)c(SSc2cc(CC)ccc2CC)c1. The molecule has 0 nitrogen and oxygen atoms in total. The molecule has 22 heavy (non-hydrogen) atoms. The summed E-state index contributed by atoms with van der Waals surface area (Å²) in [6.45, 7) is 8.93. The van der Waals surface area contributed by atoms with Crippen molar-refractivity contribution in [2.24, 2.45) is 0 Å². The minimum atomic E-state index is 1.10. The average Bonchev–Trinajstić information content (AvgIpc) is 2.59. The second-order valence-corrected chi connectivity index (χ2v) is 7.68. The maximum Gasteiger partial charge on any atom is 0.0220 e. The predicted octanol–water partition coefficient (Wildman–Crippen LogP) is 6.74. The second-order valence-electron chi connectivity index (χ2n) is 5.47. The van der Waals surface area contributed by atoms with E-state index in [9.17, 15) is 0 Å². The van der Waals surface area contributed by atoms with E-state index in [1.165, 1.54) is 32.0 Å². The van der Waals surface area contributed by atoms with Gasteiger partial charge in [-0.3, -0.25) is 0 Å². The lowest BCUT2D eigenvalue weighted by molar-refractivity contribution is 1.05. The molecule has 0 saturated heterocycles. The van der Waals surface area contributed by atoms with E-state index in [0.29, 0.717) is 0 Å². The average molecular weight is 331 g/mol. The largest absolute Gasteiger partial charge is 0.0613 e. The van der Waals surface area contributed by atoms with Crippen LogP contribution in [0.25, 0.3) is 0 Å². The second kappa shape index (κ2) is 8.69.